The maximum atomic E-state index is 10.9. The van der Waals surface area contributed by atoms with E-state index >= 15 is 0 Å². The number of thioether (sulfide) groups is 1. The highest BCUT2D eigenvalue weighted by Crippen LogP contribution is 2.36. The van der Waals surface area contributed by atoms with Crippen LogP contribution in [0, 0.1) is 5.41 Å². The number of rotatable bonds is 6. The minimum Gasteiger partial charge on any atom is -0.481 e. The highest BCUT2D eigenvalue weighted by Gasteiger charge is 2.29. The minimum absolute atomic E-state index is 0.458. The lowest BCUT2D eigenvalue weighted by Crippen LogP contribution is -2.24. The van der Waals surface area contributed by atoms with Crippen molar-refractivity contribution >= 4 is 17.7 Å². The van der Waals surface area contributed by atoms with Crippen molar-refractivity contribution in [2.24, 2.45) is 5.41 Å². The molecule has 1 fully saturated rings. The van der Waals surface area contributed by atoms with Crippen LogP contribution in [0.2, 0.25) is 0 Å². The van der Waals surface area contributed by atoms with Crippen molar-refractivity contribution in [2.75, 3.05) is 5.75 Å². The number of aliphatic carboxylic acids is 1. The van der Waals surface area contributed by atoms with Gasteiger partial charge in [-0.2, -0.15) is 0 Å². The Morgan fingerprint density at radius 2 is 2.29 bits per heavy atom. The summed E-state index contributed by atoms with van der Waals surface area (Å²) in [4.78, 5) is 10.9. The molecular formula is C10H16N4O2S. The second-order valence-corrected chi connectivity index (χ2v) is 5.99. The van der Waals surface area contributed by atoms with E-state index in [1.165, 1.54) is 11.8 Å². The normalized spacial score (nSPS) is 16.1. The highest BCUT2D eigenvalue weighted by atomic mass is 32.2. The molecule has 1 aromatic heterocycles. The molecule has 0 saturated heterocycles. The van der Waals surface area contributed by atoms with E-state index in [1.807, 2.05) is 4.68 Å². The van der Waals surface area contributed by atoms with Crippen molar-refractivity contribution in [1.29, 1.82) is 0 Å². The fourth-order valence-electron chi connectivity index (χ4n) is 1.33. The summed E-state index contributed by atoms with van der Waals surface area (Å²) in [6.45, 7) is 3.47. The van der Waals surface area contributed by atoms with E-state index in [2.05, 4.69) is 15.5 Å². The van der Waals surface area contributed by atoms with Gasteiger partial charge < -0.3 is 5.11 Å². The summed E-state index contributed by atoms with van der Waals surface area (Å²) >= 11 is 1.53. The van der Waals surface area contributed by atoms with Crippen molar-refractivity contribution in [1.82, 2.24) is 20.2 Å². The molecule has 1 aliphatic rings. The number of carboxylic acid groups (broad SMARTS) is 1. The SMILES string of the molecule is CC(C)(CCSc1nnnn1C1CC1)C(=O)O. The average Bonchev–Trinajstić information content (AvgIpc) is 2.99. The largest absolute Gasteiger partial charge is 0.481 e. The summed E-state index contributed by atoms with van der Waals surface area (Å²) in [6, 6.07) is 0.458. The summed E-state index contributed by atoms with van der Waals surface area (Å²) in [5, 5.41) is 21.4. The van der Waals surface area contributed by atoms with E-state index in [4.69, 9.17) is 5.11 Å². The summed E-state index contributed by atoms with van der Waals surface area (Å²) in [5.74, 6) is -0.0493. The topological polar surface area (TPSA) is 80.9 Å². The number of carboxylic acids is 1. The number of nitrogens with zero attached hydrogens (tertiary/aromatic N) is 4. The molecule has 17 heavy (non-hydrogen) atoms. The number of hydrogen-bond acceptors (Lipinski definition) is 5. The van der Waals surface area contributed by atoms with Crippen molar-refractivity contribution in [3.05, 3.63) is 0 Å². The van der Waals surface area contributed by atoms with E-state index in [0.29, 0.717) is 18.2 Å². The molecule has 0 atom stereocenters. The van der Waals surface area contributed by atoms with Crippen LogP contribution < -0.4 is 0 Å². The number of carbonyl (C=O) groups is 1. The van der Waals surface area contributed by atoms with Gasteiger partial charge in [0.05, 0.1) is 11.5 Å². The van der Waals surface area contributed by atoms with Gasteiger partial charge >= 0.3 is 5.97 Å². The molecule has 1 aliphatic carbocycles. The molecule has 7 heteroatoms. The van der Waals surface area contributed by atoms with Gasteiger partial charge in [-0.1, -0.05) is 11.8 Å². The van der Waals surface area contributed by atoms with Gasteiger partial charge in [0, 0.05) is 5.75 Å². The van der Waals surface area contributed by atoms with Crippen molar-refractivity contribution in [2.45, 2.75) is 44.3 Å². The van der Waals surface area contributed by atoms with Gasteiger partial charge in [0.2, 0.25) is 5.16 Å². The second kappa shape index (κ2) is 4.64. The standard InChI is InChI=1S/C10H16N4O2S/c1-10(2,8(15)16)5-6-17-9-11-12-13-14(9)7-3-4-7/h7H,3-6H2,1-2H3,(H,15,16). The molecule has 0 unspecified atom stereocenters. The monoisotopic (exact) mass is 256 g/mol. The van der Waals surface area contributed by atoms with E-state index in [9.17, 15) is 4.79 Å². The summed E-state index contributed by atoms with van der Waals surface area (Å²) in [5.41, 5.74) is -0.690. The molecule has 2 rings (SSSR count). The third-order valence-corrected chi connectivity index (χ3v) is 3.83. The van der Waals surface area contributed by atoms with Gasteiger partial charge in [0.15, 0.2) is 0 Å². The lowest BCUT2D eigenvalue weighted by atomic mass is 9.91. The quantitative estimate of drug-likeness (QED) is 0.779. The molecule has 0 bridgehead atoms. The first-order valence-electron chi connectivity index (χ1n) is 5.65. The number of aromatic nitrogens is 4. The first-order valence-corrected chi connectivity index (χ1v) is 6.63. The fourth-order valence-corrected chi connectivity index (χ4v) is 2.54. The Bertz CT molecular complexity index is 414. The van der Waals surface area contributed by atoms with Gasteiger partial charge in [-0.25, -0.2) is 4.68 Å². The van der Waals surface area contributed by atoms with E-state index < -0.39 is 11.4 Å². The third kappa shape index (κ3) is 2.96. The van der Waals surface area contributed by atoms with Crippen LogP contribution in [0.25, 0.3) is 0 Å². The van der Waals surface area contributed by atoms with Gasteiger partial charge in [-0.3, -0.25) is 4.79 Å². The van der Waals surface area contributed by atoms with Crippen molar-refractivity contribution in [3.63, 3.8) is 0 Å². The Kier molecular flexibility index (Phi) is 3.37. The third-order valence-electron chi connectivity index (χ3n) is 2.89. The fraction of sp³-hybridized carbons (Fsp3) is 0.800. The van der Waals surface area contributed by atoms with Crippen molar-refractivity contribution in [3.8, 4) is 0 Å². The molecule has 6 nitrogen and oxygen atoms in total. The molecular weight excluding hydrogens is 240 g/mol. The number of tetrazole rings is 1. The smallest absolute Gasteiger partial charge is 0.309 e. The Morgan fingerprint density at radius 3 is 2.88 bits per heavy atom. The Hall–Kier alpha value is -1.11. The lowest BCUT2D eigenvalue weighted by Gasteiger charge is -2.17. The van der Waals surface area contributed by atoms with Crippen LogP contribution in [0.5, 0.6) is 0 Å². The zero-order valence-electron chi connectivity index (χ0n) is 9.96. The maximum absolute atomic E-state index is 10.9. The first-order chi connectivity index (χ1) is 8.00. The number of hydrogen-bond donors (Lipinski definition) is 1. The molecule has 1 aromatic rings. The van der Waals surface area contributed by atoms with Crippen LogP contribution in [0.15, 0.2) is 5.16 Å². The maximum Gasteiger partial charge on any atom is 0.309 e. The predicted octanol–water partition coefficient (Wildman–Crippen LogP) is 1.60. The van der Waals surface area contributed by atoms with Crippen LogP contribution in [0.1, 0.15) is 39.2 Å². The molecule has 94 valence electrons. The molecule has 1 heterocycles. The zero-order valence-corrected chi connectivity index (χ0v) is 10.8. The Labute approximate surface area is 104 Å². The molecule has 0 spiro atoms. The zero-order chi connectivity index (χ0) is 12.5. The average molecular weight is 256 g/mol. The van der Waals surface area contributed by atoms with Crippen LogP contribution >= 0.6 is 11.8 Å². The molecule has 1 N–H and O–H groups in total. The van der Waals surface area contributed by atoms with Crippen LogP contribution in [-0.2, 0) is 4.79 Å². The molecule has 0 aliphatic heterocycles. The molecule has 1 saturated carbocycles. The molecule has 0 amide bonds. The van der Waals surface area contributed by atoms with Gasteiger partial charge in [0.1, 0.15) is 0 Å². The Morgan fingerprint density at radius 1 is 1.59 bits per heavy atom. The lowest BCUT2D eigenvalue weighted by molar-refractivity contribution is -0.146. The van der Waals surface area contributed by atoms with E-state index in [-0.39, 0.29) is 0 Å². The summed E-state index contributed by atoms with van der Waals surface area (Å²) in [7, 11) is 0. The van der Waals surface area contributed by atoms with Crippen LogP contribution in [0.3, 0.4) is 0 Å². The van der Waals surface area contributed by atoms with Gasteiger partial charge in [0.25, 0.3) is 0 Å². The van der Waals surface area contributed by atoms with E-state index in [1.54, 1.807) is 13.8 Å². The van der Waals surface area contributed by atoms with Gasteiger partial charge in [-0.05, 0) is 43.5 Å². The summed E-state index contributed by atoms with van der Waals surface area (Å²) in [6.07, 6.45) is 2.88. The Balaban J connectivity index is 1.85. The predicted molar refractivity (Wildman–Crippen MR) is 62.8 cm³/mol. The minimum atomic E-state index is -0.764. The van der Waals surface area contributed by atoms with Crippen LogP contribution in [0.4, 0.5) is 0 Å². The van der Waals surface area contributed by atoms with Crippen LogP contribution in [-0.4, -0.2) is 37.0 Å². The molecule has 0 radical (unpaired) electrons. The first kappa shape index (κ1) is 12.3. The van der Waals surface area contributed by atoms with Crippen molar-refractivity contribution < 1.29 is 9.90 Å². The summed E-state index contributed by atoms with van der Waals surface area (Å²) < 4.78 is 1.85. The highest BCUT2D eigenvalue weighted by molar-refractivity contribution is 7.99. The van der Waals surface area contributed by atoms with E-state index in [0.717, 1.165) is 18.0 Å². The second-order valence-electron chi connectivity index (χ2n) is 4.92. The van der Waals surface area contributed by atoms with Gasteiger partial charge in [-0.15, -0.1) is 5.10 Å². The molecule has 0 aromatic carbocycles.